The molecule has 13 nitrogen and oxygen atoms in total. The molecule has 3 aromatic heterocycles. The van der Waals surface area contributed by atoms with E-state index < -0.39 is 11.9 Å². The van der Waals surface area contributed by atoms with E-state index in [1.54, 1.807) is 16.8 Å². The molecule has 13 heteroatoms. The number of aromatic nitrogens is 6. The lowest BCUT2D eigenvalue weighted by molar-refractivity contribution is -0.138. The Morgan fingerprint density at radius 3 is 2.33 bits per heavy atom. The van der Waals surface area contributed by atoms with Gasteiger partial charge in [-0.15, -0.1) is 0 Å². The summed E-state index contributed by atoms with van der Waals surface area (Å²) in [7, 11) is 0. The van der Waals surface area contributed by atoms with E-state index in [0.29, 0.717) is 54.8 Å². The summed E-state index contributed by atoms with van der Waals surface area (Å²) in [5, 5.41) is 33.9. The van der Waals surface area contributed by atoms with Gasteiger partial charge in [-0.25, -0.2) is 9.67 Å². The number of nitrogens with zero attached hydrogens (tertiary/aromatic N) is 8. The molecule has 40 heavy (non-hydrogen) atoms. The fourth-order valence-corrected chi connectivity index (χ4v) is 5.00. The second kappa shape index (κ2) is 10.2. The lowest BCUT2D eigenvalue weighted by Crippen LogP contribution is -2.47. The van der Waals surface area contributed by atoms with E-state index >= 15 is 0 Å². The van der Waals surface area contributed by atoms with Gasteiger partial charge in [0.25, 0.3) is 0 Å². The number of aryl methyl sites for hydroxylation is 1. The molecule has 0 unspecified atom stereocenters. The average Bonchev–Trinajstić information content (AvgIpc) is 3.53. The largest absolute Gasteiger partial charge is 0.508 e. The van der Waals surface area contributed by atoms with Gasteiger partial charge in [0.1, 0.15) is 12.3 Å². The zero-order valence-electron chi connectivity index (χ0n) is 21.4. The molecule has 5 aromatic rings. The third-order valence-electron chi connectivity index (χ3n) is 6.96. The summed E-state index contributed by atoms with van der Waals surface area (Å²) in [4.78, 5) is 41.1. The van der Waals surface area contributed by atoms with Crippen LogP contribution in [0.25, 0.3) is 27.9 Å². The first kappa shape index (κ1) is 25.1. The van der Waals surface area contributed by atoms with Crippen LogP contribution in [0.5, 0.6) is 5.75 Å². The van der Waals surface area contributed by atoms with Gasteiger partial charge < -0.3 is 29.7 Å². The number of phenols is 1. The molecule has 0 atom stereocenters. The van der Waals surface area contributed by atoms with Gasteiger partial charge in [0.2, 0.25) is 5.95 Å². The van der Waals surface area contributed by atoms with E-state index in [1.807, 2.05) is 41.3 Å². The molecule has 6 rings (SSSR count). The van der Waals surface area contributed by atoms with E-state index in [9.17, 15) is 24.9 Å². The summed E-state index contributed by atoms with van der Waals surface area (Å²) in [6, 6.07) is 14.6. The van der Waals surface area contributed by atoms with Crippen LogP contribution in [0.2, 0.25) is 0 Å². The number of carbonyl (C=O) groups is 2. The van der Waals surface area contributed by atoms with Crippen molar-refractivity contribution in [2.75, 3.05) is 36.0 Å². The van der Waals surface area contributed by atoms with Gasteiger partial charge in [0.05, 0.1) is 24.0 Å². The van der Waals surface area contributed by atoms with Crippen molar-refractivity contribution in [3.05, 3.63) is 60.6 Å². The Balaban J connectivity index is 1.41. The number of hydrogen-bond donors (Lipinski definition) is 3. The molecule has 1 saturated heterocycles. The number of para-hydroxylation sites is 1. The molecule has 3 N–H and O–H groups in total. The Hall–Kier alpha value is -5.20. The highest BCUT2D eigenvalue weighted by molar-refractivity contribution is 5.88. The summed E-state index contributed by atoms with van der Waals surface area (Å²) in [6.45, 7) is 2.30. The first-order chi connectivity index (χ1) is 19.4. The second-order valence-electron chi connectivity index (χ2n) is 9.55. The molecule has 2 aromatic carbocycles. The topological polar surface area (TPSA) is 163 Å². The van der Waals surface area contributed by atoms with Gasteiger partial charge in [0.15, 0.2) is 17.0 Å². The van der Waals surface area contributed by atoms with Crippen molar-refractivity contribution in [3.8, 4) is 11.6 Å². The molecule has 204 valence electrons. The number of aliphatic carboxylic acids is 2. The third-order valence-corrected chi connectivity index (χ3v) is 6.96. The molecule has 1 aliphatic heterocycles. The number of rotatable bonds is 8. The number of imidazole rings is 1. The lowest BCUT2D eigenvalue weighted by Gasteiger charge is -2.36. The molecule has 4 heterocycles. The number of benzene rings is 2. The first-order valence-electron chi connectivity index (χ1n) is 12.8. The summed E-state index contributed by atoms with van der Waals surface area (Å²) < 4.78 is 3.11. The zero-order chi connectivity index (χ0) is 27.8. The fraction of sp³-hybridized carbons (Fsp3) is 0.259. The highest BCUT2D eigenvalue weighted by Crippen LogP contribution is 2.28. The number of piperazine rings is 1. The van der Waals surface area contributed by atoms with Gasteiger partial charge in [-0.05, 0) is 30.3 Å². The number of phenolic OH excluding ortho intramolecular Hbond substituents is 1. The standard InChI is InChI=1S/C27H26N8O5/c36-18-7-5-17(6-8-18)32-11-13-33(14-12-32)27-29-25-24(28-16-34(25)15-23(39)40)26(30-27)35-21-4-2-1-3-19(21)20(31-35)9-10-22(37)38/h1-8,16,36H,9-15H2,(H,37,38)(H,39,40). The highest BCUT2D eigenvalue weighted by atomic mass is 16.4. The van der Waals surface area contributed by atoms with Crippen LogP contribution < -0.4 is 9.80 Å². The van der Waals surface area contributed by atoms with E-state index in [0.717, 1.165) is 16.6 Å². The maximum absolute atomic E-state index is 11.6. The third kappa shape index (κ3) is 4.72. The molecule has 0 saturated carbocycles. The average molecular weight is 543 g/mol. The van der Waals surface area contributed by atoms with Crippen molar-refractivity contribution < 1.29 is 24.9 Å². The van der Waals surface area contributed by atoms with Crippen LogP contribution in [0.4, 0.5) is 11.6 Å². The molecule has 0 amide bonds. The van der Waals surface area contributed by atoms with Gasteiger partial charge in [-0.3, -0.25) is 9.59 Å². The number of fused-ring (bicyclic) bond motifs is 2. The second-order valence-corrected chi connectivity index (χ2v) is 9.55. The summed E-state index contributed by atoms with van der Waals surface area (Å²) >= 11 is 0. The number of hydrogen-bond acceptors (Lipinski definition) is 9. The maximum Gasteiger partial charge on any atom is 0.323 e. The van der Waals surface area contributed by atoms with Crippen molar-refractivity contribution in [1.29, 1.82) is 0 Å². The van der Waals surface area contributed by atoms with Crippen LogP contribution in [-0.4, -0.2) is 82.7 Å². The Kier molecular flexibility index (Phi) is 6.38. The highest BCUT2D eigenvalue weighted by Gasteiger charge is 2.25. The van der Waals surface area contributed by atoms with Crippen molar-refractivity contribution >= 4 is 45.6 Å². The van der Waals surface area contributed by atoms with Crippen LogP contribution in [-0.2, 0) is 22.6 Å². The number of aromatic hydroxyl groups is 1. The van der Waals surface area contributed by atoms with Crippen molar-refractivity contribution in [2.45, 2.75) is 19.4 Å². The molecule has 0 bridgehead atoms. The van der Waals surface area contributed by atoms with Crippen LogP contribution >= 0.6 is 0 Å². The van der Waals surface area contributed by atoms with Crippen molar-refractivity contribution in [1.82, 2.24) is 29.3 Å². The van der Waals surface area contributed by atoms with Crippen LogP contribution in [0.3, 0.4) is 0 Å². The number of carboxylic acid groups (broad SMARTS) is 2. The van der Waals surface area contributed by atoms with E-state index in [4.69, 9.17) is 15.1 Å². The van der Waals surface area contributed by atoms with Gasteiger partial charge >= 0.3 is 11.9 Å². The minimum Gasteiger partial charge on any atom is -0.508 e. The lowest BCUT2D eigenvalue weighted by atomic mass is 10.1. The predicted octanol–water partition coefficient (Wildman–Crippen LogP) is 2.30. The minimum absolute atomic E-state index is 0.0655. The van der Waals surface area contributed by atoms with Crippen LogP contribution in [0, 0.1) is 0 Å². The van der Waals surface area contributed by atoms with Gasteiger partial charge in [0, 0.05) is 43.7 Å². The minimum atomic E-state index is -1.02. The monoisotopic (exact) mass is 542 g/mol. The quantitative estimate of drug-likeness (QED) is 0.264. The SMILES string of the molecule is O=C(O)CCc1nn(-c2nc(N3CCN(c4ccc(O)cc4)CC3)nc3c2ncn3CC(=O)O)c2ccccc12. The Morgan fingerprint density at radius 1 is 0.875 bits per heavy atom. The van der Waals surface area contributed by atoms with E-state index in [2.05, 4.69) is 9.88 Å². The van der Waals surface area contributed by atoms with Crippen molar-refractivity contribution in [2.24, 2.45) is 0 Å². The van der Waals surface area contributed by atoms with Crippen molar-refractivity contribution in [3.63, 3.8) is 0 Å². The maximum atomic E-state index is 11.6. The Bertz CT molecular complexity index is 1720. The Morgan fingerprint density at radius 2 is 1.60 bits per heavy atom. The summed E-state index contributed by atoms with van der Waals surface area (Å²) in [5.41, 5.74) is 3.13. The van der Waals surface area contributed by atoms with Crippen LogP contribution in [0.1, 0.15) is 12.1 Å². The Labute approximate surface area is 227 Å². The molecular weight excluding hydrogens is 516 g/mol. The summed E-state index contributed by atoms with van der Waals surface area (Å²) in [5.74, 6) is -0.908. The van der Waals surface area contributed by atoms with E-state index in [-0.39, 0.29) is 25.1 Å². The van der Waals surface area contributed by atoms with Crippen LogP contribution in [0.15, 0.2) is 54.9 Å². The smallest absolute Gasteiger partial charge is 0.323 e. The normalized spacial score (nSPS) is 13.8. The number of carboxylic acids is 2. The van der Waals surface area contributed by atoms with E-state index in [1.165, 1.54) is 10.9 Å². The molecule has 0 spiro atoms. The molecular formula is C27H26N8O5. The molecule has 0 aliphatic carbocycles. The number of anilines is 2. The molecule has 1 aliphatic rings. The van der Waals surface area contributed by atoms with Gasteiger partial charge in [-0.1, -0.05) is 18.2 Å². The first-order valence-corrected chi connectivity index (χ1v) is 12.8. The summed E-state index contributed by atoms with van der Waals surface area (Å²) in [6.07, 6.45) is 1.61. The predicted molar refractivity (Wildman–Crippen MR) is 146 cm³/mol. The molecule has 0 radical (unpaired) electrons. The molecule has 1 fully saturated rings. The zero-order valence-corrected chi connectivity index (χ0v) is 21.4. The van der Waals surface area contributed by atoms with Gasteiger partial charge in [-0.2, -0.15) is 15.1 Å². The fourth-order valence-electron chi connectivity index (χ4n) is 5.00.